The number of rotatable bonds is 4. The van der Waals surface area contributed by atoms with Crippen molar-refractivity contribution in [2.24, 2.45) is 0 Å². The van der Waals surface area contributed by atoms with E-state index in [9.17, 15) is 5.11 Å². The third kappa shape index (κ3) is 3.43. The highest BCUT2D eigenvalue weighted by molar-refractivity contribution is 4.89. The third-order valence-electron chi connectivity index (χ3n) is 4.36. The summed E-state index contributed by atoms with van der Waals surface area (Å²) in [6, 6.07) is 1.08. The van der Waals surface area contributed by atoms with Crippen LogP contribution in [0.1, 0.15) is 51.9 Å². The van der Waals surface area contributed by atoms with Gasteiger partial charge in [-0.1, -0.05) is 26.2 Å². The fraction of sp³-hybridized carbons (Fsp3) is 1.00. The van der Waals surface area contributed by atoms with Crippen LogP contribution in [0.5, 0.6) is 0 Å². The molecule has 0 aromatic rings. The normalized spacial score (nSPS) is 35.1. The number of hydrogen-bond acceptors (Lipinski definition) is 3. The maximum absolute atomic E-state index is 10.3. The van der Waals surface area contributed by atoms with Crippen molar-refractivity contribution in [2.45, 2.75) is 70.1 Å². The second kappa shape index (κ2) is 6.72. The molecule has 1 saturated heterocycles. The first kappa shape index (κ1) is 13.3. The summed E-state index contributed by atoms with van der Waals surface area (Å²) in [5.74, 6) is 0. The summed E-state index contributed by atoms with van der Waals surface area (Å²) in [4.78, 5) is 2.61. The average Bonchev–Trinajstić information content (AvgIpc) is 2.77. The maximum Gasteiger partial charge on any atom is 0.0695 e. The van der Waals surface area contributed by atoms with Crippen LogP contribution in [0.25, 0.3) is 0 Å². The van der Waals surface area contributed by atoms with Crippen LogP contribution >= 0.6 is 0 Å². The summed E-state index contributed by atoms with van der Waals surface area (Å²) in [5, 5.41) is 13.8. The maximum atomic E-state index is 10.3. The van der Waals surface area contributed by atoms with Crippen LogP contribution in [0, 0.1) is 0 Å². The van der Waals surface area contributed by atoms with Crippen molar-refractivity contribution < 1.29 is 5.11 Å². The molecule has 0 bridgehead atoms. The Kier molecular flexibility index (Phi) is 5.26. The van der Waals surface area contributed by atoms with Gasteiger partial charge in [0, 0.05) is 18.6 Å². The molecule has 0 spiro atoms. The molecule has 17 heavy (non-hydrogen) atoms. The van der Waals surface area contributed by atoms with Crippen molar-refractivity contribution in [3.05, 3.63) is 0 Å². The molecule has 1 heterocycles. The van der Waals surface area contributed by atoms with E-state index in [-0.39, 0.29) is 6.10 Å². The van der Waals surface area contributed by atoms with Gasteiger partial charge in [-0.3, -0.25) is 4.90 Å². The Hall–Kier alpha value is -0.120. The first-order chi connectivity index (χ1) is 8.33. The highest BCUT2D eigenvalue weighted by Gasteiger charge is 2.32. The second-order valence-electron chi connectivity index (χ2n) is 5.66. The summed E-state index contributed by atoms with van der Waals surface area (Å²) in [7, 11) is 0. The zero-order valence-corrected chi connectivity index (χ0v) is 11.2. The van der Waals surface area contributed by atoms with E-state index in [1.165, 1.54) is 38.5 Å². The Morgan fingerprint density at radius 1 is 1.18 bits per heavy atom. The first-order valence-electron chi connectivity index (χ1n) is 7.47. The van der Waals surface area contributed by atoms with Gasteiger partial charge in [-0.05, 0) is 38.8 Å². The van der Waals surface area contributed by atoms with Crippen molar-refractivity contribution in [1.82, 2.24) is 10.2 Å². The summed E-state index contributed by atoms with van der Waals surface area (Å²) in [6.07, 6.45) is 8.36. The quantitative estimate of drug-likeness (QED) is 0.735. The zero-order valence-electron chi connectivity index (χ0n) is 11.2. The molecule has 3 atom stereocenters. The molecule has 3 unspecified atom stereocenters. The van der Waals surface area contributed by atoms with Gasteiger partial charge in [-0.15, -0.1) is 0 Å². The van der Waals surface area contributed by atoms with E-state index in [0.29, 0.717) is 12.1 Å². The largest absolute Gasteiger partial charge is 0.391 e. The van der Waals surface area contributed by atoms with E-state index in [2.05, 4.69) is 17.1 Å². The molecule has 1 aliphatic carbocycles. The van der Waals surface area contributed by atoms with E-state index in [1.807, 2.05) is 0 Å². The van der Waals surface area contributed by atoms with E-state index in [1.54, 1.807) is 0 Å². The van der Waals surface area contributed by atoms with Crippen LogP contribution in [-0.4, -0.2) is 47.8 Å². The fourth-order valence-corrected chi connectivity index (χ4v) is 3.46. The predicted molar refractivity (Wildman–Crippen MR) is 71.2 cm³/mol. The summed E-state index contributed by atoms with van der Waals surface area (Å²) in [6.45, 7) is 5.66. The Bertz CT molecular complexity index is 216. The minimum absolute atomic E-state index is 0.0929. The minimum Gasteiger partial charge on any atom is -0.391 e. The van der Waals surface area contributed by atoms with Crippen molar-refractivity contribution >= 4 is 0 Å². The van der Waals surface area contributed by atoms with Crippen molar-refractivity contribution in [1.29, 1.82) is 0 Å². The topological polar surface area (TPSA) is 35.5 Å². The SMILES string of the molecule is CCCN(C1CCNC1)C1CCCCCC1O. The van der Waals surface area contributed by atoms with Crippen molar-refractivity contribution in [3.63, 3.8) is 0 Å². The Morgan fingerprint density at radius 3 is 2.71 bits per heavy atom. The Balaban J connectivity index is 2.01. The number of nitrogens with one attached hydrogen (secondary N) is 1. The molecular formula is C14H28N2O. The molecule has 0 aromatic carbocycles. The van der Waals surface area contributed by atoms with Gasteiger partial charge in [0.1, 0.15) is 0 Å². The van der Waals surface area contributed by atoms with Gasteiger partial charge < -0.3 is 10.4 Å². The Labute approximate surface area is 106 Å². The molecule has 2 N–H and O–H groups in total. The van der Waals surface area contributed by atoms with E-state index < -0.39 is 0 Å². The zero-order chi connectivity index (χ0) is 12.1. The van der Waals surface area contributed by atoms with Gasteiger partial charge in [0.05, 0.1) is 6.10 Å². The molecule has 1 aliphatic heterocycles. The van der Waals surface area contributed by atoms with E-state index >= 15 is 0 Å². The van der Waals surface area contributed by atoms with Gasteiger partial charge in [-0.2, -0.15) is 0 Å². The van der Waals surface area contributed by atoms with Gasteiger partial charge in [0.2, 0.25) is 0 Å². The molecule has 0 aromatic heterocycles. The summed E-state index contributed by atoms with van der Waals surface area (Å²) >= 11 is 0. The van der Waals surface area contributed by atoms with Crippen molar-refractivity contribution in [2.75, 3.05) is 19.6 Å². The van der Waals surface area contributed by atoms with E-state index in [0.717, 1.165) is 26.1 Å². The lowest BCUT2D eigenvalue weighted by atomic mass is 10.0. The molecule has 100 valence electrons. The van der Waals surface area contributed by atoms with Crippen LogP contribution in [0.2, 0.25) is 0 Å². The van der Waals surface area contributed by atoms with Crippen molar-refractivity contribution in [3.8, 4) is 0 Å². The second-order valence-corrected chi connectivity index (χ2v) is 5.66. The van der Waals surface area contributed by atoms with Crippen LogP contribution in [0.3, 0.4) is 0 Å². The van der Waals surface area contributed by atoms with Crippen LogP contribution in [0.15, 0.2) is 0 Å². The molecule has 2 aliphatic rings. The summed E-state index contributed by atoms with van der Waals surface area (Å²) < 4.78 is 0. The molecule has 3 nitrogen and oxygen atoms in total. The molecular weight excluding hydrogens is 212 g/mol. The van der Waals surface area contributed by atoms with Gasteiger partial charge in [0.25, 0.3) is 0 Å². The predicted octanol–water partition coefficient (Wildman–Crippen LogP) is 1.75. The monoisotopic (exact) mass is 240 g/mol. The van der Waals surface area contributed by atoms with E-state index in [4.69, 9.17) is 0 Å². The molecule has 1 saturated carbocycles. The van der Waals surface area contributed by atoms with Gasteiger partial charge >= 0.3 is 0 Å². The number of nitrogens with zero attached hydrogens (tertiary/aromatic N) is 1. The molecule has 2 fully saturated rings. The molecule has 0 radical (unpaired) electrons. The average molecular weight is 240 g/mol. The highest BCUT2D eigenvalue weighted by atomic mass is 16.3. The molecule has 2 rings (SSSR count). The lowest BCUT2D eigenvalue weighted by molar-refractivity contribution is 0.0235. The van der Waals surface area contributed by atoms with Crippen LogP contribution in [0.4, 0.5) is 0 Å². The standard InChI is InChI=1S/C14H28N2O/c1-2-10-16(12-8-9-15-11-12)13-6-4-3-5-7-14(13)17/h12-15,17H,2-11H2,1H3. The number of hydrogen-bond donors (Lipinski definition) is 2. The Morgan fingerprint density at radius 2 is 2.00 bits per heavy atom. The highest BCUT2D eigenvalue weighted by Crippen LogP contribution is 2.25. The fourth-order valence-electron chi connectivity index (χ4n) is 3.46. The lowest BCUT2D eigenvalue weighted by Crippen LogP contribution is -2.49. The molecule has 0 amide bonds. The van der Waals surface area contributed by atoms with Crippen LogP contribution < -0.4 is 5.32 Å². The number of aliphatic hydroxyl groups is 1. The molecule has 3 heteroatoms. The first-order valence-corrected chi connectivity index (χ1v) is 7.47. The summed E-state index contributed by atoms with van der Waals surface area (Å²) in [5.41, 5.74) is 0. The smallest absolute Gasteiger partial charge is 0.0695 e. The van der Waals surface area contributed by atoms with Crippen LogP contribution in [-0.2, 0) is 0 Å². The lowest BCUT2D eigenvalue weighted by Gasteiger charge is -2.38. The van der Waals surface area contributed by atoms with Gasteiger partial charge in [-0.25, -0.2) is 0 Å². The van der Waals surface area contributed by atoms with Gasteiger partial charge in [0.15, 0.2) is 0 Å². The number of aliphatic hydroxyl groups excluding tert-OH is 1. The third-order valence-corrected chi connectivity index (χ3v) is 4.36. The minimum atomic E-state index is -0.0929.